The van der Waals surface area contributed by atoms with Gasteiger partial charge in [0.15, 0.2) is 6.61 Å². The number of carbonyl (C=O) groups excluding carboxylic acids is 1. The Morgan fingerprint density at radius 1 is 1.53 bits per heavy atom. The van der Waals surface area contributed by atoms with Crippen LogP contribution in [0.15, 0.2) is 12.1 Å². The van der Waals surface area contributed by atoms with E-state index in [2.05, 4.69) is 15.6 Å². The maximum absolute atomic E-state index is 11.3. The van der Waals surface area contributed by atoms with E-state index < -0.39 is 0 Å². The van der Waals surface area contributed by atoms with Gasteiger partial charge in [-0.3, -0.25) is 9.78 Å². The molecule has 0 saturated carbocycles. The van der Waals surface area contributed by atoms with Gasteiger partial charge in [-0.25, -0.2) is 0 Å². The highest BCUT2D eigenvalue weighted by molar-refractivity contribution is 5.77. The van der Waals surface area contributed by atoms with Crippen molar-refractivity contribution in [3.63, 3.8) is 0 Å². The first kappa shape index (κ1) is 14.9. The summed E-state index contributed by atoms with van der Waals surface area (Å²) in [5.74, 6) is 0.259. The van der Waals surface area contributed by atoms with Crippen LogP contribution in [0.5, 0.6) is 5.75 Å². The first-order chi connectivity index (χ1) is 9.17. The Bertz CT molecular complexity index is 468. The summed E-state index contributed by atoms with van der Waals surface area (Å²) in [6.07, 6.45) is 0. The van der Waals surface area contributed by atoms with E-state index in [-0.39, 0.29) is 19.1 Å². The van der Waals surface area contributed by atoms with Crippen molar-refractivity contribution < 1.29 is 9.53 Å². The molecule has 102 valence electrons. The van der Waals surface area contributed by atoms with Crippen LogP contribution in [-0.2, 0) is 11.3 Å². The lowest BCUT2D eigenvalue weighted by molar-refractivity contribution is -0.122. The van der Waals surface area contributed by atoms with E-state index in [9.17, 15) is 4.79 Å². The monoisotopic (exact) mass is 262 g/mol. The number of nitrogens with one attached hydrogen (secondary N) is 2. The Kier molecular flexibility index (Phi) is 6.33. The molecule has 6 heteroatoms. The van der Waals surface area contributed by atoms with Crippen molar-refractivity contribution in [1.82, 2.24) is 15.6 Å². The van der Waals surface area contributed by atoms with Crippen LogP contribution in [0, 0.1) is 18.3 Å². The minimum Gasteiger partial charge on any atom is -0.482 e. The lowest BCUT2D eigenvalue weighted by atomic mass is 10.3. The van der Waals surface area contributed by atoms with E-state index in [1.165, 1.54) is 0 Å². The zero-order chi connectivity index (χ0) is 14.1. The molecule has 19 heavy (non-hydrogen) atoms. The Morgan fingerprint density at radius 3 is 3.00 bits per heavy atom. The van der Waals surface area contributed by atoms with Crippen LogP contribution in [0.3, 0.4) is 0 Å². The van der Waals surface area contributed by atoms with Gasteiger partial charge in [-0.1, -0.05) is 6.92 Å². The predicted octanol–water partition coefficient (Wildman–Crippen LogP) is 0.518. The van der Waals surface area contributed by atoms with Gasteiger partial charge in [0, 0.05) is 12.2 Å². The highest BCUT2D eigenvalue weighted by atomic mass is 16.5. The molecule has 0 radical (unpaired) electrons. The van der Waals surface area contributed by atoms with Crippen molar-refractivity contribution in [3.8, 4) is 11.8 Å². The third-order valence-corrected chi connectivity index (χ3v) is 2.34. The average molecular weight is 262 g/mol. The normalized spacial score (nSPS) is 9.74. The van der Waals surface area contributed by atoms with Crippen LogP contribution in [0.2, 0.25) is 0 Å². The lowest BCUT2D eigenvalue weighted by Gasteiger charge is -2.11. The number of hydrogen-bond donors (Lipinski definition) is 2. The molecular formula is C13H18N4O2. The highest BCUT2D eigenvalue weighted by Gasteiger charge is 2.08. The molecule has 2 N–H and O–H groups in total. The maximum Gasteiger partial charge on any atom is 0.258 e. The van der Waals surface area contributed by atoms with Gasteiger partial charge >= 0.3 is 0 Å². The van der Waals surface area contributed by atoms with Gasteiger partial charge in [-0.15, -0.1) is 0 Å². The van der Waals surface area contributed by atoms with Crippen molar-refractivity contribution in [2.75, 3.05) is 19.7 Å². The molecule has 0 aliphatic rings. The molecule has 1 heterocycles. The van der Waals surface area contributed by atoms with E-state index in [4.69, 9.17) is 10.00 Å². The Hall–Kier alpha value is -2.13. The Labute approximate surface area is 112 Å². The van der Waals surface area contributed by atoms with Gasteiger partial charge in [-0.05, 0) is 25.6 Å². The van der Waals surface area contributed by atoms with Gasteiger partial charge in [0.05, 0.1) is 11.8 Å². The molecule has 0 aliphatic heterocycles. The minimum absolute atomic E-state index is 0.0153. The van der Waals surface area contributed by atoms with E-state index in [1.54, 1.807) is 6.07 Å². The Balaban J connectivity index is 2.61. The van der Waals surface area contributed by atoms with E-state index in [0.717, 1.165) is 17.9 Å². The molecule has 0 atom stereocenters. The second-order valence-corrected chi connectivity index (χ2v) is 3.90. The van der Waals surface area contributed by atoms with Crippen molar-refractivity contribution in [3.05, 3.63) is 23.5 Å². The number of ether oxygens (including phenoxy) is 1. The van der Waals surface area contributed by atoms with Crippen LogP contribution in [0.4, 0.5) is 0 Å². The van der Waals surface area contributed by atoms with Crippen molar-refractivity contribution >= 4 is 5.91 Å². The molecule has 0 aromatic carbocycles. The Morgan fingerprint density at radius 2 is 2.32 bits per heavy atom. The molecule has 6 nitrogen and oxygen atoms in total. The highest BCUT2D eigenvalue weighted by Crippen LogP contribution is 2.16. The topological polar surface area (TPSA) is 87.0 Å². The van der Waals surface area contributed by atoms with Gasteiger partial charge in [0.2, 0.25) is 0 Å². The average Bonchev–Trinajstić information content (AvgIpc) is 2.41. The number of rotatable bonds is 7. The van der Waals surface area contributed by atoms with Gasteiger partial charge < -0.3 is 15.4 Å². The minimum atomic E-state index is -0.323. The zero-order valence-corrected chi connectivity index (χ0v) is 11.2. The summed E-state index contributed by atoms with van der Waals surface area (Å²) in [5, 5.41) is 13.9. The predicted molar refractivity (Wildman–Crippen MR) is 70.5 cm³/mol. The van der Waals surface area contributed by atoms with Crippen LogP contribution < -0.4 is 15.4 Å². The van der Waals surface area contributed by atoms with Crippen molar-refractivity contribution in [2.45, 2.75) is 20.4 Å². The smallest absolute Gasteiger partial charge is 0.258 e. The van der Waals surface area contributed by atoms with Crippen LogP contribution >= 0.6 is 0 Å². The summed E-state index contributed by atoms with van der Waals surface area (Å²) in [4.78, 5) is 15.7. The molecular weight excluding hydrogens is 244 g/mol. The SMILES string of the molecule is CCNCc1nc(C)ccc1OCC(=O)NCC#N. The third-order valence-electron chi connectivity index (χ3n) is 2.34. The van der Waals surface area contributed by atoms with Crippen molar-refractivity contribution in [1.29, 1.82) is 5.26 Å². The number of aryl methyl sites for hydroxylation is 1. The molecule has 1 rings (SSSR count). The van der Waals surface area contributed by atoms with E-state index >= 15 is 0 Å². The van der Waals surface area contributed by atoms with Gasteiger partial charge in [-0.2, -0.15) is 5.26 Å². The first-order valence-electron chi connectivity index (χ1n) is 6.11. The second kappa shape index (κ2) is 8.06. The van der Waals surface area contributed by atoms with E-state index in [0.29, 0.717) is 12.3 Å². The first-order valence-corrected chi connectivity index (χ1v) is 6.11. The molecule has 0 saturated heterocycles. The number of nitrogens with zero attached hydrogens (tertiary/aromatic N) is 2. The van der Waals surface area contributed by atoms with Crippen molar-refractivity contribution in [2.24, 2.45) is 0 Å². The summed E-state index contributed by atoms with van der Waals surface area (Å²) in [6.45, 7) is 5.19. The summed E-state index contributed by atoms with van der Waals surface area (Å²) >= 11 is 0. The van der Waals surface area contributed by atoms with Crippen LogP contribution in [0.1, 0.15) is 18.3 Å². The molecule has 0 fully saturated rings. The fourth-order valence-corrected chi connectivity index (χ4v) is 1.43. The third kappa shape index (κ3) is 5.36. The van der Waals surface area contributed by atoms with Gasteiger partial charge in [0.1, 0.15) is 12.3 Å². The summed E-state index contributed by atoms with van der Waals surface area (Å²) < 4.78 is 5.42. The fourth-order valence-electron chi connectivity index (χ4n) is 1.43. The summed E-state index contributed by atoms with van der Waals surface area (Å²) in [5.41, 5.74) is 1.67. The van der Waals surface area contributed by atoms with Crippen LogP contribution in [-0.4, -0.2) is 30.6 Å². The number of hydrogen-bond acceptors (Lipinski definition) is 5. The largest absolute Gasteiger partial charge is 0.482 e. The molecule has 0 aliphatic carbocycles. The molecule has 0 unspecified atom stereocenters. The van der Waals surface area contributed by atoms with Crippen LogP contribution in [0.25, 0.3) is 0 Å². The summed E-state index contributed by atoms with van der Waals surface area (Å²) in [6, 6.07) is 5.46. The molecule has 1 aromatic rings. The number of nitriles is 1. The number of pyridine rings is 1. The summed E-state index contributed by atoms with van der Waals surface area (Å²) in [7, 11) is 0. The number of amides is 1. The van der Waals surface area contributed by atoms with Gasteiger partial charge in [0.25, 0.3) is 5.91 Å². The second-order valence-electron chi connectivity index (χ2n) is 3.90. The number of aromatic nitrogens is 1. The molecule has 1 aromatic heterocycles. The quantitative estimate of drug-likeness (QED) is 0.699. The maximum atomic E-state index is 11.3. The van der Waals surface area contributed by atoms with E-state index in [1.807, 2.05) is 26.0 Å². The fraction of sp³-hybridized carbons (Fsp3) is 0.462. The zero-order valence-electron chi connectivity index (χ0n) is 11.2. The standard InChI is InChI=1S/C13H18N4O2/c1-3-15-8-11-12(5-4-10(2)17-11)19-9-13(18)16-7-6-14/h4-5,15H,3,7-9H2,1-2H3,(H,16,18). The molecule has 1 amide bonds. The molecule has 0 bridgehead atoms. The lowest BCUT2D eigenvalue weighted by Crippen LogP contribution is -2.29. The molecule has 0 spiro atoms. The number of carbonyl (C=O) groups is 1.